The van der Waals surface area contributed by atoms with Crippen LogP contribution in [0.5, 0.6) is 5.75 Å². The lowest BCUT2D eigenvalue weighted by molar-refractivity contribution is -0.137. The zero-order valence-electron chi connectivity index (χ0n) is 10.6. The molecule has 0 unspecified atom stereocenters. The van der Waals surface area contributed by atoms with Gasteiger partial charge in [-0.05, 0) is 42.5 Å². The Labute approximate surface area is 118 Å². The van der Waals surface area contributed by atoms with Gasteiger partial charge in [0.25, 0.3) is 5.91 Å². The molecule has 0 aliphatic carbocycles. The van der Waals surface area contributed by atoms with Crippen LogP contribution >= 0.6 is 0 Å². The smallest absolute Gasteiger partial charge is 0.416 e. The number of phenolic OH excluding ortho intramolecular Hbond substituents is 1. The van der Waals surface area contributed by atoms with Crippen molar-refractivity contribution in [2.24, 2.45) is 0 Å². The van der Waals surface area contributed by atoms with Gasteiger partial charge in [-0.3, -0.25) is 4.79 Å². The van der Waals surface area contributed by atoms with Crippen LogP contribution < -0.4 is 11.1 Å². The fourth-order valence-corrected chi connectivity index (χ4v) is 1.66. The third kappa shape index (κ3) is 3.44. The van der Waals surface area contributed by atoms with Gasteiger partial charge in [0.2, 0.25) is 0 Å². The number of alkyl halides is 3. The molecule has 2 aromatic carbocycles. The highest BCUT2D eigenvalue weighted by atomic mass is 19.4. The van der Waals surface area contributed by atoms with E-state index in [1.807, 2.05) is 0 Å². The Bertz CT molecular complexity index is 667. The first-order chi connectivity index (χ1) is 9.77. The zero-order valence-corrected chi connectivity index (χ0v) is 10.6. The third-order valence-electron chi connectivity index (χ3n) is 2.76. The van der Waals surface area contributed by atoms with E-state index in [0.29, 0.717) is 0 Å². The molecule has 0 heterocycles. The molecule has 110 valence electrons. The number of nitrogens with one attached hydrogen (secondary N) is 1. The molecule has 0 radical (unpaired) electrons. The van der Waals surface area contributed by atoms with Crippen molar-refractivity contribution in [3.05, 3.63) is 53.6 Å². The molecular weight excluding hydrogens is 285 g/mol. The van der Waals surface area contributed by atoms with Gasteiger partial charge in [0, 0.05) is 5.56 Å². The maximum absolute atomic E-state index is 12.5. The summed E-state index contributed by atoms with van der Waals surface area (Å²) in [6, 6.07) is 8.09. The van der Waals surface area contributed by atoms with Gasteiger partial charge in [0.05, 0.1) is 16.9 Å². The number of hydrogen-bond donors (Lipinski definition) is 3. The number of benzene rings is 2. The molecular formula is C14H11F3N2O2. The molecule has 0 spiro atoms. The molecule has 0 aromatic heterocycles. The summed E-state index contributed by atoms with van der Waals surface area (Å²) in [5, 5.41) is 11.5. The molecule has 1 amide bonds. The summed E-state index contributed by atoms with van der Waals surface area (Å²) in [4.78, 5) is 11.9. The largest absolute Gasteiger partial charge is 0.508 e. The summed E-state index contributed by atoms with van der Waals surface area (Å²) in [6.07, 6.45) is -4.49. The Morgan fingerprint density at radius 1 is 1.10 bits per heavy atom. The maximum atomic E-state index is 12.5. The molecule has 0 aliphatic rings. The van der Waals surface area contributed by atoms with Crippen LogP contribution in [0.2, 0.25) is 0 Å². The predicted molar refractivity (Wildman–Crippen MR) is 71.9 cm³/mol. The number of halogens is 3. The van der Waals surface area contributed by atoms with Crippen molar-refractivity contribution in [2.45, 2.75) is 6.18 Å². The molecule has 4 nitrogen and oxygen atoms in total. The van der Waals surface area contributed by atoms with Gasteiger partial charge in [-0.1, -0.05) is 0 Å². The highest BCUT2D eigenvalue weighted by Crippen LogP contribution is 2.32. The number of carbonyl (C=O) groups excluding carboxylic acids is 1. The van der Waals surface area contributed by atoms with Gasteiger partial charge >= 0.3 is 6.18 Å². The second-order valence-electron chi connectivity index (χ2n) is 4.30. The molecule has 4 N–H and O–H groups in total. The van der Waals surface area contributed by atoms with Gasteiger partial charge in [-0.2, -0.15) is 13.2 Å². The van der Waals surface area contributed by atoms with Crippen molar-refractivity contribution in [1.29, 1.82) is 0 Å². The number of amides is 1. The highest BCUT2D eigenvalue weighted by Gasteiger charge is 2.30. The molecule has 0 fully saturated rings. The average molecular weight is 296 g/mol. The van der Waals surface area contributed by atoms with E-state index in [4.69, 9.17) is 10.8 Å². The number of nitrogens with two attached hydrogens (primary N) is 1. The van der Waals surface area contributed by atoms with E-state index in [1.165, 1.54) is 24.3 Å². The SMILES string of the molecule is Nc1cc(C(F)(F)F)ccc1NC(=O)c1ccc(O)cc1. The van der Waals surface area contributed by atoms with Crippen molar-refractivity contribution in [2.75, 3.05) is 11.1 Å². The molecule has 0 atom stereocenters. The van der Waals surface area contributed by atoms with Crippen LogP contribution in [0.3, 0.4) is 0 Å². The number of aromatic hydroxyl groups is 1. The van der Waals surface area contributed by atoms with Gasteiger partial charge in [-0.25, -0.2) is 0 Å². The van der Waals surface area contributed by atoms with E-state index in [0.717, 1.165) is 18.2 Å². The number of hydrogen-bond acceptors (Lipinski definition) is 3. The predicted octanol–water partition coefficient (Wildman–Crippen LogP) is 3.25. The quantitative estimate of drug-likeness (QED) is 0.745. The van der Waals surface area contributed by atoms with Crippen LogP contribution in [0, 0.1) is 0 Å². The molecule has 7 heteroatoms. The highest BCUT2D eigenvalue weighted by molar-refractivity contribution is 6.05. The molecule has 0 saturated heterocycles. The molecule has 21 heavy (non-hydrogen) atoms. The van der Waals surface area contributed by atoms with Crippen LogP contribution in [-0.4, -0.2) is 11.0 Å². The standard InChI is InChI=1S/C14H11F3N2O2/c15-14(16,17)9-3-6-12(11(18)7-9)19-13(21)8-1-4-10(20)5-2-8/h1-7,20H,18H2,(H,19,21). The van der Waals surface area contributed by atoms with Crippen molar-refractivity contribution >= 4 is 17.3 Å². The van der Waals surface area contributed by atoms with Crippen molar-refractivity contribution in [1.82, 2.24) is 0 Å². The zero-order chi connectivity index (χ0) is 15.6. The van der Waals surface area contributed by atoms with Gasteiger partial charge in [-0.15, -0.1) is 0 Å². The fraction of sp³-hybridized carbons (Fsp3) is 0.0714. The van der Waals surface area contributed by atoms with Gasteiger partial charge in [0.15, 0.2) is 0 Å². The number of rotatable bonds is 2. The van der Waals surface area contributed by atoms with Crippen LogP contribution in [-0.2, 0) is 6.18 Å². The normalized spacial score (nSPS) is 11.2. The average Bonchev–Trinajstić information content (AvgIpc) is 2.40. The van der Waals surface area contributed by atoms with E-state index in [-0.39, 0.29) is 22.7 Å². The Morgan fingerprint density at radius 3 is 2.24 bits per heavy atom. The van der Waals surface area contributed by atoms with E-state index in [1.54, 1.807) is 0 Å². The first-order valence-electron chi connectivity index (χ1n) is 5.84. The first-order valence-corrected chi connectivity index (χ1v) is 5.84. The molecule has 2 aromatic rings. The Morgan fingerprint density at radius 2 is 1.71 bits per heavy atom. The lowest BCUT2D eigenvalue weighted by Crippen LogP contribution is -2.14. The minimum absolute atomic E-state index is 0.000550. The summed E-state index contributed by atoms with van der Waals surface area (Å²) in [7, 11) is 0. The Kier molecular flexibility index (Phi) is 3.75. The fourth-order valence-electron chi connectivity index (χ4n) is 1.66. The van der Waals surface area contributed by atoms with Crippen LogP contribution in [0.4, 0.5) is 24.5 Å². The minimum Gasteiger partial charge on any atom is -0.508 e. The van der Waals surface area contributed by atoms with Crippen molar-refractivity contribution < 1.29 is 23.1 Å². The third-order valence-corrected chi connectivity index (χ3v) is 2.76. The molecule has 0 aliphatic heterocycles. The minimum atomic E-state index is -4.49. The second-order valence-corrected chi connectivity index (χ2v) is 4.30. The summed E-state index contributed by atoms with van der Waals surface area (Å²) >= 11 is 0. The lowest BCUT2D eigenvalue weighted by atomic mass is 10.1. The summed E-state index contributed by atoms with van der Waals surface area (Å²) in [5.41, 5.74) is 4.77. The number of anilines is 2. The molecule has 0 bridgehead atoms. The van der Waals surface area contributed by atoms with Crippen LogP contribution in [0.1, 0.15) is 15.9 Å². The Balaban J connectivity index is 2.20. The van der Waals surface area contributed by atoms with Gasteiger partial charge in [0.1, 0.15) is 5.75 Å². The maximum Gasteiger partial charge on any atom is 0.416 e. The summed E-state index contributed by atoms with van der Waals surface area (Å²) in [5.74, 6) is -0.540. The second kappa shape index (κ2) is 5.35. The summed E-state index contributed by atoms with van der Waals surface area (Å²) < 4.78 is 37.5. The van der Waals surface area contributed by atoms with Crippen molar-refractivity contribution in [3.63, 3.8) is 0 Å². The van der Waals surface area contributed by atoms with E-state index in [9.17, 15) is 18.0 Å². The van der Waals surface area contributed by atoms with E-state index in [2.05, 4.69) is 5.32 Å². The van der Waals surface area contributed by atoms with Crippen molar-refractivity contribution in [3.8, 4) is 5.75 Å². The first kappa shape index (κ1) is 14.7. The number of nitrogen functional groups attached to an aromatic ring is 1. The van der Waals surface area contributed by atoms with Gasteiger partial charge < -0.3 is 16.2 Å². The number of carbonyl (C=O) groups is 1. The molecule has 2 rings (SSSR count). The van der Waals surface area contributed by atoms with E-state index < -0.39 is 17.6 Å². The molecule has 0 saturated carbocycles. The lowest BCUT2D eigenvalue weighted by Gasteiger charge is -2.12. The van der Waals surface area contributed by atoms with E-state index >= 15 is 0 Å². The van der Waals surface area contributed by atoms with Crippen LogP contribution in [0.15, 0.2) is 42.5 Å². The number of phenols is 1. The Hall–Kier alpha value is -2.70. The summed E-state index contributed by atoms with van der Waals surface area (Å²) in [6.45, 7) is 0. The van der Waals surface area contributed by atoms with Crippen LogP contribution in [0.25, 0.3) is 0 Å². The topological polar surface area (TPSA) is 75.3 Å². The monoisotopic (exact) mass is 296 g/mol.